The number of nitrogens with one attached hydrogen (secondary N) is 1. The highest BCUT2D eigenvalue weighted by Gasteiger charge is 2.33. The Morgan fingerprint density at radius 1 is 0.970 bits per heavy atom. The van der Waals surface area contributed by atoms with E-state index in [9.17, 15) is 13.2 Å². The summed E-state index contributed by atoms with van der Waals surface area (Å²) in [6.07, 6.45) is 0.953. The van der Waals surface area contributed by atoms with Crippen LogP contribution in [0, 0.1) is 26.7 Å². The number of hydrogen-bond donors (Lipinski definition) is 1. The van der Waals surface area contributed by atoms with Crippen LogP contribution in [-0.4, -0.2) is 44.9 Å². The van der Waals surface area contributed by atoms with Gasteiger partial charge in [-0.3, -0.25) is 4.79 Å². The summed E-state index contributed by atoms with van der Waals surface area (Å²) >= 11 is 0. The third-order valence-corrected chi connectivity index (χ3v) is 8.04. The van der Waals surface area contributed by atoms with Crippen molar-refractivity contribution in [3.8, 4) is 11.5 Å². The van der Waals surface area contributed by atoms with Crippen LogP contribution in [0.15, 0.2) is 35.2 Å². The van der Waals surface area contributed by atoms with Crippen molar-refractivity contribution in [3.63, 3.8) is 0 Å². The highest BCUT2D eigenvalue weighted by molar-refractivity contribution is 7.89. The number of ether oxygens (including phenoxy) is 2. The number of hydrogen-bond acceptors (Lipinski definition) is 5. The Labute approximate surface area is 197 Å². The number of carbonyl (C=O) groups is 1. The van der Waals surface area contributed by atoms with E-state index in [1.54, 1.807) is 18.2 Å². The van der Waals surface area contributed by atoms with Crippen molar-refractivity contribution < 1.29 is 22.7 Å². The SMILES string of the molecule is CCOc1ccc(NC(=O)C2CCN(S(=O)(=O)c3c(C)cc(C)cc3C)CC2)cc1OCC. The van der Waals surface area contributed by atoms with Gasteiger partial charge in [0.15, 0.2) is 11.5 Å². The lowest BCUT2D eigenvalue weighted by Crippen LogP contribution is -2.41. The number of amides is 1. The first-order valence-electron chi connectivity index (χ1n) is 11.5. The summed E-state index contributed by atoms with van der Waals surface area (Å²) in [6, 6.07) is 9.12. The third kappa shape index (κ3) is 5.68. The lowest BCUT2D eigenvalue weighted by Gasteiger charge is -2.31. The van der Waals surface area contributed by atoms with E-state index in [4.69, 9.17) is 9.47 Å². The predicted molar refractivity (Wildman–Crippen MR) is 130 cm³/mol. The molecule has 7 nitrogen and oxygen atoms in total. The smallest absolute Gasteiger partial charge is 0.243 e. The van der Waals surface area contributed by atoms with Crippen molar-refractivity contribution in [2.45, 2.75) is 52.4 Å². The summed E-state index contributed by atoms with van der Waals surface area (Å²) in [6.45, 7) is 11.1. The second-order valence-electron chi connectivity index (χ2n) is 8.42. The molecule has 1 aliphatic heterocycles. The standard InChI is InChI=1S/C25H34N2O5S/c1-6-31-22-9-8-21(16-23(22)32-7-2)26-25(28)20-10-12-27(13-11-20)33(29,30)24-18(4)14-17(3)15-19(24)5/h8-9,14-16,20H,6-7,10-13H2,1-5H3,(H,26,28). The van der Waals surface area contributed by atoms with E-state index >= 15 is 0 Å². The van der Waals surface area contributed by atoms with Crippen molar-refractivity contribution in [1.29, 1.82) is 0 Å². The second-order valence-corrected chi connectivity index (χ2v) is 10.3. The molecule has 0 aromatic heterocycles. The number of piperidine rings is 1. The lowest BCUT2D eigenvalue weighted by atomic mass is 9.97. The highest BCUT2D eigenvalue weighted by Crippen LogP contribution is 2.32. The number of sulfonamides is 1. The molecule has 1 N–H and O–H groups in total. The van der Waals surface area contributed by atoms with Gasteiger partial charge in [0.25, 0.3) is 0 Å². The Morgan fingerprint density at radius 3 is 2.12 bits per heavy atom. The van der Waals surface area contributed by atoms with Gasteiger partial charge in [-0.15, -0.1) is 0 Å². The number of benzene rings is 2. The Kier molecular flexibility index (Phi) is 8.02. The minimum Gasteiger partial charge on any atom is -0.490 e. The molecule has 0 radical (unpaired) electrons. The van der Waals surface area contributed by atoms with Crippen molar-refractivity contribution in [2.24, 2.45) is 5.92 Å². The monoisotopic (exact) mass is 474 g/mol. The van der Waals surface area contributed by atoms with Crippen LogP contribution in [0.2, 0.25) is 0 Å². The molecule has 0 unspecified atom stereocenters. The number of rotatable bonds is 8. The van der Waals surface area contributed by atoms with Gasteiger partial charge in [-0.05, 0) is 70.7 Å². The number of anilines is 1. The van der Waals surface area contributed by atoms with E-state index < -0.39 is 10.0 Å². The number of carbonyl (C=O) groups excluding carboxylic acids is 1. The fourth-order valence-electron chi connectivity index (χ4n) is 4.43. The summed E-state index contributed by atoms with van der Waals surface area (Å²) in [7, 11) is -3.60. The maximum Gasteiger partial charge on any atom is 0.243 e. The second kappa shape index (κ2) is 10.6. The first kappa shape index (κ1) is 25.1. The van der Waals surface area contributed by atoms with Crippen molar-refractivity contribution in [3.05, 3.63) is 47.0 Å². The molecule has 0 bridgehead atoms. The van der Waals surface area contributed by atoms with Gasteiger partial charge in [0.05, 0.1) is 18.1 Å². The van der Waals surface area contributed by atoms with Gasteiger partial charge in [-0.1, -0.05) is 17.7 Å². The summed E-state index contributed by atoms with van der Waals surface area (Å²) < 4.78 is 39.3. The molecule has 1 heterocycles. The van der Waals surface area contributed by atoms with Gasteiger partial charge >= 0.3 is 0 Å². The molecule has 8 heteroatoms. The van der Waals surface area contributed by atoms with E-state index in [1.807, 2.05) is 46.8 Å². The average Bonchev–Trinajstić information content (AvgIpc) is 2.75. The number of aryl methyl sites for hydroxylation is 3. The summed E-state index contributed by atoms with van der Waals surface area (Å²) in [4.78, 5) is 13.3. The summed E-state index contributed by atoms with van der Waals surface area (Å²) in [5, 5.41) is 2.95. The van der Waals surface area contributed by atoms with Crippen LogP contribution < -0.4 is 14.8 Å². The molecule has 0 aliphatic carbocycles. The highest BCUT2D eigenvalue weighted by atomic mass is 32.2. The normalized spacial score (nSPS) is 15.3. The topological polar surface area (TPSA) is 84.9 Å². The molecule has 2 aromatic carbocycles. The van der Waals surface area contributed by atoms with Gasteiger partial charge < -0.3 is 14.8 Å². The van der Waals surface area contributed by atoms with E-state index in [0.717, 1.165) is 16.7 Å². The van der Waals surface area contributed by atoms with Gasteiger partial charge in [0, 0.05) is 30.8 Å². The van der Waals surface area contributed by atoms with Crippen molar-refractivity contribution in [1.82, 2.24) is 4.31 Å². The summed E-state index contributed by atoms with van der Waals surface area (Å²) in [5.74, 6) is 0.861. The zero-order valence-corrected chi connectivity index (χ0v) is 20.9. The Bertz CT molecular complexity index is 1080. The van der Waals surface area contributed by atoms with Gasteiger partial charge in [-0.25, -0.2) is 8.42 Å². The van der Waals surface area contributed by atoms with Crippen molar-refractivity contribution >= 4 is 21.6 Å². The molecule has 1 saturated heterocycles. The van der Waals surface area contributed by atoms with Gasteiger partial charge in [0.1, 0.15) is 0 Å². The molecule has 3 rings (SSSR count). The maximum atomic E-state index is 13.3. The Balaban J connectivity index is 1.66. The fraction of sp³-hybridized carbons (Fsp3) is 0.480. The fourth-order valence-corrected chi connectivity index (χ4v) is 6.32. The lowest BCUT2D eigenvalue weighted by molar-refractivity contribution is -0.120. The Hall–Kier alpha value is -2.58. The van der Waals surface area contributed by atoms with Gasteiger partial charge in [0.2, 0.25) is 15.9 Å². The molecule has 1 aliphatic rings. The molecule has 33 heavy (non-hydrogen) atoms. The minimum absolute atomic E-state index is 0.110. The van der Waals surface area contributed by atoms with Crippen LogP contribution in [0.1, 0.15) is 43.4 Å². The third-order valence-electron chi connectivity index (χ3n) is 5.84. The van der Waals surface area contributed by atoms with E-state index in [2.05, 4.69) is 5.32 Å². The predicted octanol–water partition coefficient (Wildman–Crippen LogP) is 4.45. The maximum absolute atomic E-state index is 13.3. The summed E-state index contributed by atoms with van der Waals surface area (Å²) in [5.41, 5.74) is 3.19. The van der Waals surface area contributed by atoms with Crippen LogP contribution >= 0.6 is 0 Å². The molecule has 0 saturated carbocycles. The van der Waals surface area contributed by atoms with E-state index in [-0.39, 0.29) is 11.8 Å². The molecule has 1 amide bonds. The number of nitrogens with zero attached hydrogens (tertiary/aromatic N) is 1. The minimum atomic E-state index is -3.60. The molecular formula is C25H34N2O5S. The van der Waals surface area contributed by atoms with Crippen LogP contribution in [-0.2, 0) is 14.8 Å². The average molecular weight is 475 g/mol. The molecule has 1 fully saturated rings. The van der Waals surface area contributed by atoms with Crippen LogP contribution in [0.25, 0.3) is 0 Å². The first-order valence-corrected chi connectivity index (χ1v) is 12.9. The van der Waals surface area contributed by atoms with Crippen molar-refractivity contribution in [2.75, 3.05) is 31.6 Å². The first-order chi connectivity index (χ1) is 15.7. The molecule has 0 atom stereocenters. The van der Waals surface area contributed by atoms with Crippen LogP contribution in [0.4, 0.5) is 5.69 Å². The largest absolute Gasteiger partial charge is 0.490 e. The van der Waals surface area contributed by atoms with E-state index in [1.165, 1.54) is 4.31 Å². The zero-order chi connectivity index (χ0) is 24.2. The van der Waals surface area contributed by atoms with E-state index in [0.29, 0.717) is 61.2 Å². The molecule has 2 aromatic rings. The zero-order valence-electron chi connectivity index (χ0n) is 20.1. The quantitative estimate of drug-likeness (QED) is 0.611. The van der Waals surface area contributed by atoms with Crippen LogP contribution in [0.5, 0.6) is 11.5 Å². The Morgan fingerprint density at radius 2 is 1.55 bits per heavy atom. The molecule has 0 spiro atoms. The van der Waals surface area contributed by atoms with Crippen LogP contribution in [0.3, 0.4) is 0 Å². The molecule has 180 valence electrons. The molecular weight excluding hydrogens is 440 g/mol. The van der Waals surface area contributed by atoms with Gasteiger partial charge in [-0.2, -0.15) is 4.31 Å².